The van der Waals surface area contributed by atoms with Gasteiger partial charge in [0.2, 0.25) is 0 Å². The summed E-state index contributed by atoms with van der Waals surface area (Å²) in [5.41, 5.74) is 1.53. The van der Waals surface area contributed by atoms with Crippen LogP contribution in [0.5, 0.6) is 0 Å². The van der Waals surface area contributed by atoms with Crippen molar-refractivity contribution in [2.75, 3.05) is 19.0 Å². The van der Waals surface area contributed by atoms with E-state index < -0.39 is 17.8 Å². The van der Waals surface area contributed by atoms with Gasteiger partial charge in [0.15, 0.2) is 0 Å². The highest BCUT2D eigenvalue weighted by atomic mass is 32.1. The lowest BCUT2D eigenvalue weighted by atomic mass is 10.1. The first-order valence-electron chi connectivity index (χ1n) is 8.08. The highest BCUT2D eigenvalue weighted by molar-refractivity contribution is 7.18. The van der Waals surface area contributed by atoms with Gasteiger partial charge in [0.05, 0.1) is 30.5 Å². The quantitative estimate of drug-likeness (QED) is 0.775. The predicted molar refractivity (Wildman–Crippen MR) is 96.9 cm³/mol. The van der Waals surface area contributed by atoms with Crippen LogP contribution < -0.4 is 5.32 Å². The lowest BCUT2D eigenvalue weighted by Gasteiger charge is -2.05. The van der Waals surface area contributed by atoms with Gasteiger partial charge < -0.3 is 14.8 Å². The molecule has 0 saturated carbocycles. The van der Waals surface area contributed by atoms with Gasteiger partial charge in [-0.25, -0.2) is 9.59 Å². The van der Waals surface area contributed by atoms with E-state index in [0.29, 0.717) is 23.4 Å². The molecular weight excluding hydrogens is 358 g/mol. The molecule has 140 valence electrons. The van der Waals surface area contributed by atoms with Gasteiger partial charge in [-0.2, -0.15) is 5.10 Å². The van der Waals surface area contributed by atoms with Crippen LogP contribution in [0.2, 0.25) is 0 Å². The van der Waals surface area contributed by atoms with Crippen molar-refractivity contribution in [3.05, 3.63) is 33.5 Å². The summed E-state index contributed by atoms with van der Waals surface area (Å²) in [6.45, 7) is 7.79. The number of thiophene rings is 1. The average Bonchev–Trinajstić information content (AvgIpc) is 3.14. The van der Waals surface area contributed by atoms with E-state index in [1.807, 2.05) is 6.92 Å². The van der Waals surface area contributed by atoms with Crippen molar-refractivity contribution in [2.45, 2.75) is 34.2 Å². The van der Waals surface area contributed by atoms with E-state index in [1.54, 1.807) is 31.6 Å². The van der Waals surface area contributed by atoms with Crippen molar-refractivity contribution < 1.29 is 23.9 Å². The molecule has 26 heavy (non-hydrogen) atoms. The Morgan fingerprint density at radius 1 is 1.23 bits per heavy atom. The molecule has 1 N–H and O–H groups in total. The van der Waals surface area contributed by atoms with Gasteiger partial charge in [-0.1, -0.05) is 0 Å². The zero-order valence-corrected chi connectivity index (χ0v) is 16.2. The van der Waals surface area contributed by atoms with Crippen LogP contribution in [0.15, 0.2) is 6.20 Å². The van der Waals surface area contributed by atoms with Crippen molar-refractivity contribution in [3.8, 4) is 0 Å². The van der Waals surface area contributed by atoms with E-state index >= 15 is 0 Å². The third-order valence-corrected chi connectivity index (χ3v) is 4.93. The predicted octanol–water partition coefficient (Wildman–Crippen LogP) is 2.80. The number of hydrogen-bond donors (Lipinski definition) is 1. The fraction of sp³-hybridized carbons (Fsp3) is 0.412. The summed E-state index contributed by atoms with van der Waals surface area (Å²) in [5, 5.41) is 7.17. The summed E-state index contributed by atoms with van der Waals surface area (Å²) in [7, 11) is 1.24. The Morgan fingerprint density at radius 3 is 2.46 bits per heavy atom. The first kappa shape index (κ1) is 19.6. The molecule has 0 spiro atoms. The Morgan fingerprint density at radius 2 is 1.92 bits per heavy atom. The Hall–Kier alpha value is -2.68. The summed E-state index contributed by atoms with van der Waals surface area (Å²) in [4.78, 5) is 37.1. The first-order valence-corrected chi connectivity index (χ1v) is 8.89. The van der Waals surface area contributed by atoms with Crippen LogP contribution in [-0.2, 0) is 16.0 Å². The van der Waals surface area contributed by atoms with Crippen molar-refractivity contribution in [1.29, 1.82) is 0 Å². The number of esters is 2. The van der Waals surface area contributed by atoms with Crippen LogP contribution in [0, 0.1) is 13.8 Å². The van der Waals surface area contributed by atoms with E-state index in [0.717, 1.165) is 11.3 Å². The third kappa shape index (κ3) is 3.77. The standard InChI is InChI=1S/C17H21N3O5S/c1-6-20-8-11(10(4)19-20)14(21)18-15-12(16(22)24-5)9(3)13(26-15)17(23)25-7-2/h8H,6-7H2,1-5H3,(H,18,21). The van der Waals surface area contributed by atoms with E-state index in [-0.39, 0.29) is 22.0 Å². The largest absolute Gasteiger partial charge is 0.465 e. The molecule has 0 atom stereocenters. The maximum absolute atomic E-state index is 12.6. The number of amides is 1. The van der Waals surface area contributed by atoms with Gasteiger partial charge in [0, 0.05) is 12.7 Å². The zero-order chi connectivity index (χ0) is 19.4. The molecule has 0 aliphatic rings. The van der Waals surface area contributed by atoms with Crippen molar-refractivity contribution >= 4 is 34.2 Å². The second kappa shape index (κ2) is 8.13. The van der Waals surface area contributed by atoms with Crippen molar-refractivity contribution in [3.63, 3.8) is 0 Å². The molecule has 9 heteroatoms. The number of ether oxygens (including phenoxy) is 2. The molecule has 2 aromatic heterocycles. The first-order chi connectivity index (χ1) is 12.3. The van der Waals surface area contributed by atoms with E-state index in [1.165, 1.54) is 7.11 Å². The van der Waals surface area contributed by atoms with E-state index in [4.69, 9.17) is 9.47 Å². The fourth-order valence-electron chi connectivity index (χ4n) is 2.41. The summed E-state index contributed by atoms with van der Waals surface area (Å²) < 4.78 is 11.4. The second-order valence-corrected chi connectivity index (χ2v) is 6.43. The van der Waals surface area contributed by atoms with Crippen LogP contribution in [0.1, 0.15) is 55.5 Å². The fourth-order valence-corrected chi connectivity index (χ4v) is 3.50. The highest BCUT2D eigenvalue weighted by Crippen LogP contribution is 2.34. The minimum absolute atomic E-state index is 0.148. The summed E-state index contributed by atoms with van der Waals surface area (Å²) in [6.07, 6.45) is 1.63. The molecule has 2 heterocycles. The van der Waals surface area contributed by atoms with E-state index in [2.05, 4.69) is 10.4 Å². The molecule has 0 bridgehead atoms. The molecular formula is C17H21N3O5S. The highest BCUT2D eigenvalue weighted by Gasteiger charge is 2.27. The number of rotatable bonds is 6. The van der Waals surface area contributed by atoms with Crippen LogP contribution >= 0.6 is 11.3 Å². The Bertz CT molecular complexity index is 853. The second-order valence-electron chi connectivity index (χ2n) is 5.41. The number of aryl methyl sites for hydroxylation is 2. The molecule has 2 aromatic rings. The minimum atomic E-state index is -0.634. The van der Waals surface area contributed by atoms with Crippen molar-refractivity contribution in [1.82, 2.24) is 9.78 Å². The lowest BCUT2D eigenvalue weighted by Crippen LogP contribution is -2.14. The minimum Gasteiger partial charge on any atom is -0.465 e. The number of anilines is 1. The molecule has 8 nitrogen and oxygen atoms in total. The Balaban J connectivity index is 2.42. The van der Waals surface area contributed by atoms with Gasteiger partial charge in [0.1, 0.15) is 9.88 Å². The van der Waals surface area contributed by atoms with Gasteiger partial charge >= 0.3 is 11.9 Å². The van der Waals surface area contributed by atoms with Gasteiger partial charge in [0.25, 0.3) is 5.91 Å². The van der Waals surface area contributed by atoms with Crippen molar-refractivity contribution in [2.24, 2.45) is 0 Å². The maximum Gasteiger partial charge on any atom is 0.348 e. The lowest BCUT2D eigenvalue weighted by molar-refractivity contribution is 0.0531. The molecule has 0 aliphatic carbocycles. The molecule has 0 fully saturated rings. The van der Waals surface area contributed by atoms with Gasteiger partial charge in [-0.05, 0) is 33.3 Å². The number of aromatic nitrogens is 2. The Kier molecular flexibility index (Phi) is 6.14. The molecule has 0 radical (unpaired) electrons. The number of carbonyl (C=O) groups is 3. The Labute approximate surface area is 155 Å². The topological polar surface area (TPSA) is 99.5 Å². The van der Waals surface area contributed by atoms with Gasteiger partial charge in [-0.3, -0.25) is 9.48 Å². The van der Waals surface area contributed by atoms with E-state index in [9.17, 15) is 14.4 Å². The molecule has 0 aliphatic heterocycles. The monoisotopic (exact) mass is 379 g/mol. The molecule has 2 rings (SSSR count). The SMILES string of the molecule is CCOC(=O)c1sc(NC(=O)c2cn(CC)nc2C)c(C(=O)OC)c1C. The normalized spacial score (nSPS) is 10.5. The number of methoxy groups -OCH3 is 1. The molecule has 1 amide bonds. The van der Waals surface area contributed by atoms with Crippen LogP contribution in [0.25, 0.3) is 0 Å². The molecule has 0 aromatic carbocycles. The van der Waals surface area contributed by atoms with Crippen LogP contribution in [0.4, 0.5) is 5.00 Å². The van der Waals surface area contributed by atoms with Crippen LogP contribution in [0.3, 0.4) is 0 Å². The average molecular weight is 379 g/mol. The third-order valence-electron chi connectivity index (χ3n) is 3.74. The maximum atomic E-state index is 12.6. The number of nitrogens with one attached hydrogen (secondary N) is 1. The zero-order valence-electron chi connectivity index (χ0n) is 15.3. The van der Waals surface area contributed by atoms with Gasteiger partial charge in [-0.15, -0.1) is 11.3 Å². The molecule has 0 unspecified atom stereocenters. The summed E-state index contributed by atoms with van der Waals surface area (Å²) in [5.74, 6) is -1.59. The summed E-state index contributed by atoms with van der Waals surface area (Å²) >= 11 is 0.985. The number of nitrogens with zero attached hydrogens (tertiary/aromatic N) is 2. The molecule has 0 saturated heterocycles. The number of carbonyl (C=O) groups excluding carboxylic acids is 3. The summed E-state index contributed by atoms with van der Waals surface area (Å²) in [6, 6.07) is 0. The number of hydrogen-bond acceptors (Lipinski definition) is 7. The van der Waals surface area contributed by atoms with Crippen LogP contribution in [-0.4, -0.2) is 41.3 Å². The smallest absolute Gasteiger partial charge is 0.348 e.